The Hall–Kier alpha value is -2.91. The quantitative estimate of drug-likeness (QED) is 0.405. The van der Waals surface area contributed by atoms with E-state index in [-0.39, 0.29) is 5.69 Å². The van der Waals surface area contributed by atoms with Crippen LogP contribution in [-0.2, 0) is 0 Å². The van der Waals surface area contributed by atoms with Gasteiger partial charge < -0.3 is 20.5 Å². The topological polar surface area (TPSA) is 72.6 Å². The maximum atomic E-state index is 12.4. The van der Waals surface area contributed by atoms with Crippen molar-refractivity contribution < 1.29 is 22.6 Å². The monoisotopic (exact) mass is 480 g/mol. The zero-order chi connectivity index (χ0) is 23.4. The van der Waals surface area contributed by atoms with Gasteiger partial charge in [0.2, 0.25) is 0 Å². The van der Waals surface area contributed by atoms with Gasteiger partial charge in [0, 0.05) is 18.0 Å². The summed E-state index contributed by atoms with van der Waals surface area (Å²) in [6.07, 6.45) is -1.04. The number of pyridine rings is 1. The molecular formula is C23H24ClF3N4O2. The van der Waals surface area contributed by atoms with Gasteiger partial charge in [-0.25, -0.2) is 4.98 Å². The number of ether oxygens (including phenoxy) is 2. The Morgan fingerprint density at radius 1 is 1.06 bits per heavy atom. The van der Waals surface area contributed by atoms with Crippen LogP contribution in [0.3, 0.4) is 0 Å². The maximum absolute atomic E-state index is 12.4. The highest BCUT2D eigenvalue weighted by Crippen LogP contribution is 2.34. The Morgan fingerprint density at radius 3 is 2.58 bits per heavy atom. The van der Waals surface area contributed by atoms with E-state index in [9.17, 15) is 13.2 Å². The van der Waals surface area contributed by atoms with Gasteiger partial charge in [-0.3, -0.25) is 4.90 Å². The molecule has 6 nitrogen and oxygen atoms in total. The van der Waals surface area contributed by atoms with Crippen molar-refractivity contribution in [1.82, 2.24) is 9.88 Å². The van der Waals surface area contributed by atoms with Gasteiger partial charge in [0.05, 0.1) is 21.9 Å². The fourth-order valence-corrected chi connectivity index (χ4v) is 4.02. The number of nitrogens with one attached hydrogen (secondary N) is 1. The summed E-state index contributed by atoms with van der Waals surface area (Å²) in [4.78, 5) is 6.95. The van der Waals surface area contributed by atoms with E-state index in [1.807, 2.05) is 12.1 Å². The molecule has 1 aliphatic heterocycles. The Morgan fingerprint density at radius 2 is 1.85 bits per heavy atom. The summed E-state index contributed by atoms with van der Waals surface area (Å²) in [6, 6.07) is 10.8. The van der Waals surface area contributed by atoms with Crippen molar-refractivity contribution in [3.05, 3.63) is 47.5 Å². The third-order valence-corrected chi connectivity index (χ3v) is 5.71. The number of aromatic nitrogens is 1. The lowest BCUT2D eigenvalue weighted by molar-refractivity contribution is -0.274. The van der Waals surface area contributed by atoms with Crippen LogP contribution in [0.1, 0.15) is 19.3 Å². The third-order valence-electron chi connectivity index (χ3n) is 5.40. The molecule has 0 saturated carbocycles. The minimum absolute atomic E-state index is 0.0829. The number of nitrogen functional groups attached to an aromatic ring is 1. The van der Waals surface area contributed by atoms with Crippen LogP contribution in [0.2, 0.25) is 5.02 Å². The molecule has 0 amide bonds. The molecule has 0 atom stereocenters. The van der Waals surface area contributed by atoms with E-state index in [1.54, 1.807) is 12.1 Å². The first-order valence-corrected chi connectivity index (χ1v) is 11.0. The predicted octanol–water partition coefficient (Wildman–Crippen LogP) is 5.98. The van der Waals surface area contributed by atoms with E-state index in [0.29, 0.717) is 34.4 Å². The zero-order valence-electron chi connectivity index (χ0n) is 17.8. The molecule has 0 unspecified atom stereocenters. The number of rotatable bonds is 7. The van der Waals surface area contributed by atoms with E-state index in [4.69, 9.17) is 22.1 Å². The SMILES string of the molecule is Nc1cc(OC(F)(F)F)ccc1Nc1ccc2c(OCCN3CCCCC3)ccc(Cl)c2n1. The minimum Gasteiger partial charge on any atom is -0.492 e. The number of likely N-dealkylation sites (tertiary alicyclic amines) is 1. The van der Waals surface area contributed by atoms with Crippen LogP contribution in [0.15, 0.2) is 42.5 Å². The highest BCUT2D eigenvalue weighted by molar-refractivity contribution is 6.35. The van der Waals surface area contributed by atoms with E-state index in [1.165, 1.54) is 31.4 Å². The summed E-state index contributed by atoms with van der Waals surface area (Å²) in [6.45, 7) is 3.64. The van der Waals surface area contributed by atoms with Gasteiger partial charge in [-0.1, -0.05) is 18.0 Å². The van der Waals surface area contributed by atoms with Gasteiger partial charge in [0.1, 0.15) is 23.9 Å². The average molecular weight is 481 g/mol. The van der Waals surface area contributed by atoms with Crippen molar-refractivity contribution in [3.8, 4) is 11.5 Å². The zero-order valence-corrected chi connectivity index (χ0v) is 18.5. The summed E-state index contributed by atoms with van der Waals surface area (Å²) in [5, 5.41) is 4.24. The van der Waals surface area contributed by atoms with Crippen LogP contribution in [-0.4, -0.2) is 42.5 Å². The van der Waals surface area contributed by atoms with Crippen molar-refractivity contribution in [3.63, 3.8) is 0 Å². The molecule has 176 valence electrons. The van der Waals surface area contributed by atoms with Gasteiger partial charge in [0.25, 0.3) is 0 Å². The summed E-state index contributed by atoms with van der Waals surface area (Å²) in [5.74, 6) is 0.732. The van der Waals surface area contributed by atoms with Gasteiger partial charge in [0.15, 0.2) is 0 Å². The number of piperidine rings is 1. The second kappa shape index (κ2) is 9.93. The van der Waals surface area contributed by atoms with Crippen LogP contribution in [0.5, 0.6) is 11.5 Å². The fraction of sp³-hybridized carbons (Fsp3) is 0.348. The number of alkyl halides is 3. The number of anilines is 3. The fourth-order valence-electron chi connectivity index (χ4n) is 3.81. The molecule has 0 bridgehead atoms. The first kappa shape index (κ1) is 23.3. The maximum Gasteiger partial charge on any atom is 0.573 e. The molecule has 33 heavy (non-hydrogen) atoms. The number of benzene rings is 2. The van der Waals surface area contributed by atoms with Crippen LogP contribution >= 0.6 is 11.6 Å². The molecule has 10 heteroatoms. The molecule has 1 fully saturated rings. The molecule has 1 aromatic heterocycles. The molecule has 0 spiro atoms. The number of hydrogen-bond donors (Lipinski definition) is 2. The van der Waals surface area contributed by atoms with Gasteiger partial charge in [-0.15, -0.1) is 13.2 Å². The summed E-state index contributed by atoms with van der Waals surface area (Å²) in [7, 11) is 0. The highest BCUT2D eigenvalue weighted by atomic mass is 35.5. The Labute approximate surface area is 194 Å². The van der Waals surface area contributed by atoms with Crippen LogP contribution < -0.4 is 20.5 Å². The van der Waals surface area contributed by atoms with Crippen LogP contribution in [0.25, 0.3) is 10.9 Å². The van der Waals surface area contributed by atoms with Gasteiger partial charge >= 0.3 is 6.36 Å². The number of hydrogen-bond acceptors (Lipinski definition) is 6. The number of nitrogens with two attached hydrogens (primary N) is 1. The first-order valence-electron chi connectivity index (χ1n) is 10.7. The number of halogens is 4. The minimum atomic E-state index is -4.79. The molecule has 3 aromatic rings. The van der Waals surface area contributed by atoms with Crippen LogP contribution in [0.4, 0.5) is 30.4 Å². The molecule has 2 aromatic carbocycles. The van der Waals surface area contributed by atoms with E-state index < -0.39 is 12.1 Å². The lowest BCUT2D eigenvalue weighted by atomic mass is 10.1. The molecule has 4 rings (SSSR count). The average Bonchev–Trinajstić information content (AvgIpc) is 2.77. The largest absolute Gasteiger partial charge is 0.573 e. The van der Waals surface area contributed by atoms with Gasteiger partial charge in [-0.05, 0) is 62.3 Å². The second-order valence-electron chi connectivity index (χ2n) is 7.81. The molecule has 1 aliphatic rings. The predicted molar refractivity (Wildman–Crippen MR) is 123 cm³/mol. The van der Waals surface area contributed by atoms with Crippen molar-refractivity contribution in [2.45, 2.75) is 25.6 Å². The summed E-state index contributed by atoms with van der Waals surface area (Å²) < 4.78 is 47.1. The molecule has 1 saturated heterocycles. The Kier molecular flexibility index (Phi) is 6.99. The highest BCUT2D eigenvalue weighted by Gasteiger charge is 2.31. The van der Waals surface area contributed by atoms with E-state index in [2.05, 4.69) is 19.9 Å². The standard InChI is InChI=1S/C23H24ClF3N4O2/c24-17-6-8-20(32-13-12-31-10-2-1-3-11-31)16-5-9-21(30-22(16)17)29-19-7-4-15(14-18(19)28)33-23(25,26)27/h4-9,14H,1-3,10-13,28H2,(H,29,30). The van der Waals surface area contributed by atoms with Crippen molar-refractivity contribution in [2.24, 2.45) is 0 Å². The summed E-state index contributed by atoms with van der Waals surface area (Å²) in [5.41, 5.74) is 6.91. The number of fused-ring (bicyclic) bond motifs is 1. The van der Waals surface area contributed by atoms with E-state index >= 15 is 0 Å². The molecular weight excluding hydrogens is 457 g/mol. The second-order valence-corrected chi connectivity index (χ2v) is 8.22. The summed E-state index contributed by atoms with van der Waals surface area (Å²) >= 11 is 6.37. The smallest absolute Gasteiger partial charge is 0.492 e. The molecule has 2 heterocycles. The lowest BCUT2D eigenvalue weighted by Crippen LogP contribution is -2.33. The number of nitrogens with zero attached hydrogens (tertiary/aromatic N) is 2. The van der Waals surface area contributed by atoms with Crippen molar-refractivity contribution >= 4 is 39.7 Å². The first-order chi connectivity index (χ1) is 15.8. The third kappa shape index (κ3) is 6.11. The van der Waals surface area contributed by atoms with Gasteiger partial charge in [-0.2, -0.15) is 0 Å². The molecule has 3 N–H and O–H groups in total. The Bertz CT molecular complexity index is 1120. The van der Waals surface area contributed by atoms with E-state index in [0.717, 1.165) is 31.1 Å². The van der Waals surface area contributed by atoms with Crippen LogP contribution in [0, 0.1) is 0 Å². The van der Waals surface area contributed by atoms with Crippen molar-refractivity contribution in [2.75, 3.05) is 37.3 Å². The Balaban J connectivity index is 1.48. The molecule has 0 aliphatic carbocycles. The van der Waals surface area contributed by atoms with Crippen molar-refractivity contribution in [1.29, 1.82) is 0 Å². The normalized spacial score (nSPS) is 14.9. The lowest BCUT2D eigenvalue weighted by Gasteiger charge is -2.26. The molecule has 0 radical (unpaired) electrons.